The number of nitrogens with one attached hydrogen (secondary N) is 2. The maximum Gasteiger partial charge on any atom is 0.245 e. The average molecular weight is 311 g/mol. The van der Waals surface area contributed by atoms with Crippen LogP contribution in [0.1, 0.15) is 10.8 Å². The van der Waals surface area contributed by atoms with Crippen molar-refractivity contribution in [3.8, 4) is 0 Å². The van der Waals surface area contributed by atoms with Crippen LogP contribution in [0.5, 0.6) is 0 Å². The van der Waals surface area contributed by atoms with E-state index in [9.17, 15) is 18.0 Å². The Kier molecular flexibility index (Phi) is 4.29. The SMILES string of the molecule is CN(C)S(=O)(=O)C(C(=O)NC1CNC1=O)c1ccccc1. The van der Waals surface area contributed by atoms with Crippen LogP contribution in [0.2, 0.25) is 0 Å². The van der Waals surface area contributed by atoms with E-state index in [1.54, 1.807) is 30.3 Å². The molecule has 0 bridgehead atoms. The van der Waals surface area contributed by atoms with Gasteiger partial charge in [0.05, 0.1) is 0 Å². The smallest absolute Gasteiger partial charge is 0.245 e. The van der Waals surface area contributed by atoms with Gasteiger partial charge in [0.25, 0.3) is 0 Å². The number of benzene rings is 1. The summed E-state index contributed by atoms with van der Waals surface area (Å²) in [4.78, 5) is 23.6. The normalized spacial score (nSPS) is 19.6. The molecule has 0 aromatic heterocycles. The molecule has 0 saturated carbocycles. The van der Waals surface area contributed by atoms with Crippen LogP contribution in [0.25, 0.3) is 0 Å². The van der Waals surface area contributed by atoms with Gasteiger partial charge in [-0.2, -0.15) is 0 Å². The fraction of sp³-hybridized carbons (Fsp3) is 0.385. The number of carbonyl (C=O) groups excluding carboxylic acids is 2. The van der Waals surface area contributed by atoms with Gasteiger partial charge in [-0.15, -0.1) is 0 Å². The van der Waals surface area contributed by atoms with Crippen molar-refractivity contribution in [2.24, 2.45) is 0 Å². The Hall–Kier alpha value is -1.93. The molecule has 2 rings (SSSR count). The van der Waals surface area contributed by atoms with Gasteiger partial charge in [-0.05, 0) is 5.56 Å². The Labute approximate surface area is 123 Å². The Morgan fingerprint density at radius 3 is 2.38 bits per heavy atom. The number of sulfonamides is 1. The third-order valence-electron chi connectivity index (χ3n) is 3.26. The monoisotopic (exact) mass is 311 g/mol. The van der Waals surface area contributed by atoms with Crippen LogP contribution in [-0.2, 0) is 19.6 Å². The molecule has 1 saturated heterocycles. The van der Waals surface area contributed by atoms with Crippen molar-refractivity contribution in [2.45, 2.75) is 11.3 Å². The molecule has 0 aliphatic carbocycles. The van der Waals surface area contributed by atoms with Gasteiger partial charge in [0.1, 0.15) is 6.04 Å². The predicted molar refractivity (Wildman–Crippen MR) is 76.7 cm³/mol. The summed E-state index contributed by atoms with van der Waals surface area (Å²) in [5.41, 5.74) is 0.364. The van der Waals surface area contributed by atoms with E-state index in [2.05, 4.69) is 10.6 Å². The number of hydrogen-bond donors (Lipinski definition) is 2. The standard InChI is InChI=1S/C13H17N3O4S/c1-16(2)21(19,20)11(9-6-4-3-5-7-9)13(18)15-10-8-14-12(10)17/h3-7,10-11H,8H2,1-2H3,(H,14,17)(H,15,18). The van der Waals surface area contributed by atoms with Crippen molar-refractivity contribution < 1.29 is 18.0 Å². The van der Waals surface area contributed by atoms with Crippen LogP contribution >= 0.6 is 0 Å². The predicted octanol–water partition coefficient (Wildman–Crippen LogP) is -0.766. The van der Waals surface area contributed by atoms with Gasteiger partial charge < -0.3 is 10.6 Å². The van der Waals surface area contributed by atoms with Crippen molar-refractivity contribution in [3.05, 3.63) is 35.9 Å². The number of amides is 2. The second-order valence-corrected chi connectivity index (χ2v) is 7.16. The third kappa shape index (κ3) is 3.06. The van der Waals surface area contributed by atoms with E-state index in [0.29, 0.717) is 12.1 Å². The molecular weight excluding hydrogens is 294 g/mol. The molecule has 1 heterocycles. The number of rotatable bonds is 5. The van der Waals surface area contributed by atoms with Gasteiger partial charge >= 0.3 is 0 Å². The summed E-state index contributed by atoms with van der Waals surface area (Å²) in [6, 6.07) is 7.55. The third-order valence-corrected chi connectivity index (χ3v) is 5.36. The summed E-state index contributed by atoms with van der Waals surface area (Å²) in [5, 5.41) is 3.59. The van der Waals surface area contributed by atoms with Gasteiger partial charge in [0.2, 0.25) is 21.8 Å². The van der Waals surface area contributed by atoms with E-state index in [0.717, 1.165) is 4.31 Å². The first kappa shape index (κ1) is 15.5. The van der Waals surface area contributed by atoms with Gasteiger partial charge in [-0.1, -0.05) is 30.3 Å². The molecule has 2 amide bonds. The molecule has 1 aliphatic rings. The molecule has 7 nitrogen and oxygen atoms in total. The molecule has 2 atom stereocenters. The lowest BCUT2D eigenvalue weighted by atomic mass is 10.1. The first-order valence-electron chi connectivity index (χ1n) is 6.38. The molecule has 1 aromatic rings. The highest BCUT2D eigenvalue weighted by Crippen LogP contribution is 2.25. The minimum Gasteiger partial charge on any atom is -0.352 e. The maximum absolute atomic E-state index is 12.4. The van der Waals surface area contributed by atoms with Crippen molar-refractivity contribution in [2.75, 3.05) is 20.6 Å². The molecule has 1 aromatic carbocycles. The highest BCUT2D eigenvalue weighted by atomic mass is 32.2. The summed E-state index contributed by atoms with van der Waals surface area (Å²) in [6.45, 7) is 0.314. The zero-order valence-corrected chi connectivity index (χ0v) is 12.6. The minimum atomic E-state index is -3.85. The zero-order chi connectivity index (χ0) is 15.6. The molecule has 1 fully saturated rings. The molecule has 114 valence electrons. The summed E-state index contributed by atoms with van der Waals surface area (Å²) in [7, 11) is -1.11. The lowest BCUT2D eigenvalue weighted by molar-refractivity contribution is -0.133. The highest BCUT2D eigenvalue weighted by Gasteiger charge is 2.39. The second-order valence-electron chi connectivity index (χ2n) is 4.92. The first-order chi connectivity index (χ1) is 9.84. The van der Waals surface area contributed by atoms with Crippen LogP contribution in [0, 0.1) is 0 Å². The highest BCUT2D eigenvalue weighted by molar-refractivity contribution is 7.90. The quantitative estimate of drug-likeness (QED) is 0.698. The van der Waals surface area contributed by atoms with E-state index in [1.165, 1.54) is 14.1 Å². The Bertz CT molecular complexity index is 643. The number of nitrogens with zero attached hydrogens (tertiary/aromatic N) is 1. The molecule has 21 heavy (non-hydrogen) atoms. The van der Waals surface area contributed by atoms with Crippen LogP contribution in [-0.4, -0.2) is 51.2 Å². The molecule has 8 heteroatoms. The molecule has 2 N–H and O–H groups in total. The largest absolute Gasteiger partial charge is 0.352 e. The van der Waals surface area contributed by atoms with E-state index in [-0.39, 0.29) is 5.91 Å². The van der Waals surface area contributed by atoms with Crippen molar-refractivity contribution >= 4 is 21.8 Å². The van der Waals surface area contributed by atoms with Crippen molar-refractivity contribution in [1.29, 1.82) is 0 Å². The fourth-order valence-electron chi connectivity index (χ4n) is 1.95. The Morgan fingerprint density at radius 1 is 1.33 bits per heavy atom. The van der Waals surface area contributed by atoms with Crippen LogP contribution < -0.4 is 10.6 Å². The first-order valence-corrected chi connectivity index (χ1v) is 7.88. The van der Waals surface area contributed by atoms with Crippen LogP contribution in [0.4, 0.5) is 0 Å². The van der Waals surface area contributed by atoms with Gasteiger partial charge in [-0.25, -0.2) is 12.7 Å². The summed E-state index contributed by atoms with van der Waals surface area (Å²) in [5.74, 6) is -1.01. The van der Waals surface area contributed by atoms with Crippen LogP contribution in [0.15, 0.2) is 30.3 Å². The number of carbonyl (C=O) groups is 2. The summed E-state index contributed by atoms with van der Waals surface area (Å²) in [6.07, 6.45) is 0. The maximum atomic E-state index is 12.4. The zero-order valence-electron chi connectivity index (χ0n) is 11.7. The van der Waals surface area contributed by atoms with Gasteiger partial charge in [0.15, 0.2) is 5.25 Å². The molecule has 2 unspecified atom stereocenters. The topological polar surface area (TPSA) is 95.6 Å². The van der Waals surface area contributed by atoms with Crippen molar-refractivity contribution in [3.63, 3.8) is 0 Å². The van der Waals surface area contributed by atoms with Gasteiger partial charge in [0, 0.05) is 20.6 Å². The van der Waals surface area contributed by atoms with E-state index < -0.39 is 27.2 Å². The number of hydrogen-bond acceptors (Lipinski definition) is 4. The van der Waals surface area contributed by atoms with Crippen LogP contribution in [0.3, 0.4) is 0 Å². The van der Waals surface area contributed by atoms with E-state index >= 15 is 0 Å². The molecule has 0 radical (unpaired) electrons. The molecular formula is C13H17N3O4S. The van der Waals surface area contributed by atoms with E-state index in [4.69, 9.17) is 0 Å². The minimum absolute atomic E-state index is 0.308. The number of β-lactam (4-membered cyclic amide) rings is 1. The van der Waals surface area contributed by atoms with Crippen molar-refractivity contribution in [1.82, 2.24) is 14.9 Å². The van der Waals surface area contributed by atoms with E-state index in [1.807, 2.05) is 0 Å². The molecule has 0 spiro atoms. The summed E-state index contributed by atoms with van der Waals surface area (Å²) >= 11 is 0. The lowest BCUT2D eigenvalue weighted by Gasteiger charge is -2.29. The Morgan fingerprint density at radius 2 is 1.95 bits per heavy atom. The molecule has 1 aliphatic heterocycles. The lowest BCUT2D eigenvalue weighted by Crippen LogP contribution is -2.62. The van der Waals surface area contributed by atoms with Gasteiger partial charge in [-0.3, -0.25) is 9.59 Å². The summed E-state index contributed by atoms with van der Waals surface area (Å²) < 4.78 is 25.8. The fourth-order valence-corrected chi connectivity index (χ4v) is 3.21. The Balaban J connectivity index is 2.32. The average Bonchev–Trinajstić information content (AvgIpc) is 2.44. The second kappa shape index (κ2) is 5.82.